The van der Waals surface area contributed by atoms with Crippen molar-refractivity contribution >= 4 is 38.9 Å². The Labute approximate surface area is 98.0 Å². The van der Waals surface area contributed by atoms with E-state index in [4.69, 9.17) is 18.0 Å². The maximum Gasteiger partial charge on any atom is 0.168 e. The van der Waals surface area contributed by atoms with Crippen molar-refractivity contribution in [3.8, 4) is 0 Å². The Bertz CT molecular complexity index is 363. The molecule has 0 atom stereocenters. The minimum absolute atomic E-state index is 0.310. The van der Waals surface area contributed by atoms with Gasteiger partial charge in [0.05, 0.1) is 0 Å². The van der Waals surface area contributed by atoms with Crippen molar-refractivity contribution in [2.45, 2.75) is 20.3 Å². The number of rotatable bonds is 2. The molecule has 0 aliphatic heterocycles. The fourth-order valence-corrected chi connectivity index (χ4v) is 2.12. The molecule has 0 aromatic heterocycles. The summed E-state index contributed by atoms with van der Waals surface area (Å²) in [6.07, 6.45) is 0.950. The smallest absolute Gasteiger partial charge is 0.168 e. The fourth-order valence-electron chi connectivity index (χ4n) is 1.39. The zero-order valence-corrected chi connectivity index (χ0v) is 10.6. The van der Waals surface area contributed by atoms with Gasteiger partial charge in [0.2, 0.25) is 0 Å². The average Bonchev–Trinajstić information content (AvgIpc) is 2.08. The third-order valence-corrected chi connectivity index (χ3v) is 2.57. The van der Waals surface area contributed by atoms with Gasteiger partial charge in [-0.1, -0.05) is 22.9 Å². The molecular formula is C10H13BrN2S. The Kier molecular flexibility index (Phi) is 3.89. The van der Waals surface area contributed by atoms with Crippen LogP contribution in [0.2, 0.25) is 0 Å². The first kappa shape index (κ1) is 11.5. The van der Waals surface area contributed by atoms with Crippen LogP contribution < -0.4 is 11.1 Å². The second kappa shape index (κ2) is 4.75. The van der Waals surface area contributed by atoms with Crippen molar-refractivity contribution in [3.05, 3.63) is 27.7 Å². The van der Waals surface area contributed by atoms with Gasteiger partial charge in [0.1, 0.15) is 0 Å². The number of anilines is 1. The molecule has 76 valence electrons. The van der Waals surface area contributed by atoms with Crippen molar-refractivity contribution in [1.82, 2.24) is 0 Å². The van der Waals surface area contributed by atoms with Crippen molar-refractivity contribution < 1.29 is 0 Å². The number of thiocarbonyl (C=S) groups is 1. The second-order valence-electron chi connectivity index (χ2n) is 3.10. The van der Waals surface area contributed by atoms with Gasteiger partial charge in [0.25, 0.3) is 0 Å². The summed E-state index contributed by atoms with van der Waals surface area (Å²) in [5.74, 6) is 0. The molecule has 0 bridgehead atoms. The Morgan fingerprint density at radius 2 is 2.21 bits per heavy atom. The van der Waals surface area contributed by atoms with Gasteiger partial charge in [-0.25, -0.2) is 0 Å². The average molecular weight is 273 g/mol. The second-order valence-corrected chi connectivity index (χ2v) is 4.46. The largest absolute Gasteiger partial charge is 0.376 e. The van der Waals surface area contributed by atoms with Gasteiger partial charge in [-0.3, -0.25) is 0 Å². The highest BCUT2D eigenvalue weighted by atomic mass is 79.9. The van der Waals surface area contributed by atoms with Crippen LogP contribution in [0, 0.1) is 6.92 Å². The molecule has 0 fully saturated rings. The normalized spacial score (nSPS) is 9.93. The lowest BCUT2D eigenvalue weighted by Crippen LogP contribution is -2.20. The topological polar surface area (TPSA) is 38.0 Å². The van der Waals surface area contributed by atoms with Crippen molar-refractivity contribution in [3.63, 3.8) is 0 Å². The first-order valence-corrected chi connectivity index (χ1v) is 5.60. The summed E-state index contributed by atoms with van der Waals surface area (Å²) < 4.78 is 1.08. The summed E-state index contributed by atoms with van der Waals surface area (Å²) >= 11 is 8.29. The van der Waals surface area contributed by atoms with Gasteiger partial charge in [0.15, 0.2) is 5.11 Å². The number of hydrogen-bond acceptors (Lipinski definition) is 1. The molecule has 1 rings (SSSR count). The Morgan fingerprint density at radius 3 is 2.71 bits per heavy atom. The van der Waals surface area contributed by atoms with Crippen molar-refractivity contribution in [1.29, 1.82) is 0 Å². The molecule has 14 heavy (non-hydrogen) atoms. The third kappa shape index (κ3) is 2.69. The van der Waals surface area contributed by atoms with E-state index in [0.717, 1.165) is 22.1 Å². The first-order valence-electron chi connectivity index (χ1n) is 4.40. The minimum Gasteiger partial charge on any atom is -0.376 e. The molecular weight excluding hydrogens is 260 g/mol. The van der Waals surface area contributed by atoms with E-state index in [1.807, 2.05) is 13.0 Å². The molecule has 0 saturated carbocycles. The number of nitrogens with two attached hydrogens (primary N) is 1. The summed E-state index contributed by atoms with van der Waals surface area (Å²) in [4.78, 5) is 0. The SMILES string of the molecule is CCc1cc(Br)cc(C)c1NC(N)=S. The predicted molar refractivity (Wildman–Crippen MR) is 68.7 cm³/mol. The fraction of sp³-hybridized carbons (Fsp3) is 0.300. The maximum absolute atomic E-state index is 5.46. The minimum atomic E-state index is 0.310. The van der Waals surface area contributed by atoms with Crippen LogP contribution in [-0.4, -0.2) is 5.11 Å². The van der Waals surface area contributed by atoms with Crippen molar-refractivity contribution in [2.75, 3.05) is 5.32 Å². The van der Waals surface area contributed by atoms with E-state index < -0.39 is 0 Å². The maximum atomic E-state index is 5.46. The van der Waals surface area contributed by atoms with Gasteiger partial charge in [-0.2, -0.15) is 0 Å². The number of nitrogens with one attached hydrogen (secondary N) is 1. The third-order valence-electron chi connectivity index (χ3n) is 2.01. The van der Waals surface area contributed by atoms with Crippen LogP contribution in [0.4, 0.5) is 5.69 Å². The van der Waals surface area contributed by atoms with Crippen LogP contribution in [-0.2, 0) is 6.42 Å². The standard InChI is InChI=1S/C10H13BrN2S/c1-3-7-5-8(11)4-6(2)9(7)13-10(12)14/h4-5H,3H2,1-2H3,(H3,12,13,14). The molecule has 0 radical (unpaired) electrons. The summed E-state index contributed by atoms with van der Waals surface area (Å²) in [5, 5.41) is 3.32. The zero-order chi connectivity index (χ0) is 10.7. The summed E-state index contributed by atoms with van der Waals surface area (Å²) in [6.45, 7) is 4.14. The number of aryl methyl sites for hydroxylation is 2. The van der Waals surface area contributed by atoms with Gasteiger partial charge < -0.3 is 11.1 Å². The lowest BCUT2D eigenvalue weighted by atomic mass is 10.1. The summed E-state index contributed by atoms with van der Waals surface area (Å²) in [5.41, 5.74) is 8.85. The van der Waals surface area contributed by atoms with Crippen LogP contribution in [0.15, 0.2) is 16.6 Å². The highest BCUT2D eigenvalue weighted by Gasteiger charge is 2.06. The quantitative estimate of drug-likeness (QED) is 0.813. The molecule has 0 aliphatic rings. The number of hydrogen-bond donors (Lipinski definition) is 2. The number of halogens is 1. The molecule has 1 aromatic rings. The van der Waals surface area contributed by atoms with E-state index in [1.165, 1.54) is 5.56 Å². The summed E-state index contributed by atoms with van der Waals surface area (Å²) in [6, 6.07) is 4.12. The van der Waals surface area contributed by atoms with Gasteiger partial charge in [0, 0.05) is 10.2 Å². The van der Waals surface area contributed by atoms with E-state index in [-0.39, 0.29) is 0 Å². The molecule has 0 unspecified atom stereocenters. The molecule has 0 saturated heterocycles. The molecule has 2 nitrogen and oxygen atoms in total. The highest BCUT2D eigenvalue weighted by Crippen LogP contribution is 2.26. The highest BCUT2D eigenvalue weighted by molar-refractivity contribution is 9.10. The lowest BCUT2D eigenvalue weighted by Gasteiger charge is -2.13. The van der Waals surface area contributed by atoms with Crippen LogP contribution in [0.5, 0.6) is 0 Å². The van der Waals surface area contributed by atoms with Gasteiger partial charge in [-0.05, 0) is 48.8 Å². The molecule has 1 aromatic carbocycles. The molecule has 4 heteroatoms. The van der Waals surface area contributed by atoms with Crippen molar-refractivity contribution in [2.24, 2.45) is 5.73 Å². The van der Waals surface area contributed by atoms with E-state index in [2.05, 4.69) is 34.2 Å². The van der Waals surface area contributed by atoms with E-state index in [9.17, 15) is 0 Å². The van der Waals surface area contributed by atoms with E-state index in [0.29, 0.717) is 5.11 Å². The van der Waals surface area contributed by atoms with Crippen LogP contribution in [0.1, 0.15) is 18.1 Å². The zero-order valence-electron chi connectivity index (χ0n) is 8.23. The van der Waals surface area contributed by atoms with Crippen LogP contribution >= 0.6 is 28.1 Å². The monoisotopic (exact) mass is 272 g/mol. The molecule has 0 heterocycles. The van der Waals surface area contributed by atoms with E-state index >= 15 is 0 Å². The Hall–Kier alpha value is -0.610. The van der Waals surface area contributed by atoms with Gasteiger partial charge in [-0.15, -0.1) is 0 Å². The Balaban J connectivity index is 3.18. The Morgan fingerprint density at radius 1 is 1.57 bits per heavy atom. The number of benzene rings is 1. The van der Waals surface area contributed by atoms with Gasteiger partial charge >= 0.3 is 0 Å². The molecule has 3 N–H and O–H groups in total. The van der Waals surface area contributed by atoms with Crippen LogP contribution in [0.25, 0.3) is 0 Å². The molecule has 0 aliphatic carbocycles. The van der Waals surface area contributed by atoms with Crippen LogP contribution in [0.3, 0.4) is 0 Å². The van der Waals surface area contributed by atoms with E-state index in [1.54, 1.807) is 0 Å². The molecule has 0 spiro atoms. The predicted octanol–water partition coefficient (Wildman–Crippen LogP) is 2.98. The first-order chi connectivity index (χ1) is 6.54. The summed E-state index contributed by atoms with van der Waals surface area (Å²) in [7, 11) is 0. The lowest BCUT2D eigenvalue weighted by molar-refractivity contribution is 1.13. The molecule has 0 amide bonds.